The standard InChI is InChI=1S/C25H22N2O4/c1-16-21-24(30)27(19-10-6-3-7-11-19)23(22(29)17-8-4-2-5-9-17)25(26-21,31-16)18-12-14-20(28)15-13-18/h2-16,21,23,26,28H,1H3. The fourth-order valence-electron chi connectivity index (χ4n) is 4.55. The zero-order valence-corrected chi connectivity index (χ0v) is 16.9. The number of ether oxygens (including phenoxy) is 1. The maximum atomic E-state index is 13.9. The molecule has 0 aliphatic carbocycles. The molecule has 2 fully saturated rings. The van der Waals surface area contributed by atoms with Crippen LogP contribution in [0.5, 0.6) is 5.75 Å². The summed E-state index contributed by atoms with van der Waals surface area (Å²) in [5.74, 6) is -0.328. The number of fused-ring (bicyclic) bond motifs is 2. The Morgan fingerprint density at radius 3 is 2.23 bits per heavy atom. The van der Waals surface area contributed by atoms with Crippen molar-refractivity contribution in [1.82, 2.24) is 5.32 Å². The van der Waals surface area contributed by atoms with E-state index >= 15 is 0 Å². The number of nitrogens with one attached hydrogen (secondary N) is 1. The Kier molecular flexibility index (Phi) is 4.61. The monoisotopic (exact) mass is 414 g/mol. The van der Waals surface area contributed by atoms with Crippen molar-refractivity contribution in [2.45, 2.75) is 30.8 Å². The molecule has 2 heterocycles. The van der Waals surface area contributed by atoms with E-state index < -0.39 is 23.9 Å². The van der Waals surface area contributed by atoms with Gasteiger partial charge in [0.2, 0.25) is 5.91 Å². The number of carbonyl (C=O) groups is 2. The fraction of sp³-hybridized carbons (Fsp3) is 0.200. The van der Waals surface area contributed by atoms with Gasteiger partial charge in [0.25, 0.3) is 0 Å². The molecule has 2 N–H and O–H groups in total. The zero-order chi connectivity index (χ0) is 21.6. The number of amides is 1. The van der Waals surface area contributed by atoms with Crippen LogP contribution >= 0.6 is 0 Å². The molecule has 1 amide bonds. The van der Waals surface area contributed by atoms with E-state index in [1.807, 2.05) is 43.3 Å². The first-order valence-electron chi connectivity index (χ1n) is 10.2. The van der Waals surface area contributed by atoms with E-state index in [-0.39, 0.29) is 17.4 Å². The summed E-state index contributed by atoms with van der Waals surface area (Å²) >= 11 is 0. The Labute approximate surface area is 180 Å². The summed E-state index contributed by atoms with van der Waals surface area (Å²) in [6.07, 6.45) is -0.443. The molecule has 0 aromatic heterocycles. The summed E-state index contributed by atoms with van der Waals surface area (Å²) in [6, 6.07) is 23.1. The van der Waals surface area contributed by atoms with Gasteiger partial charge < -0.3 is 9.84 Å². The fourth-order valence-corrected chi connectivity index (χ4v) is 4.55. The summed E-state index contributed by atoms with van der Waals surface area (Å²) in [5.41, 5.74) is 0.536. The number of aromatic hydroxyl groups is 1. The molecule has 3 aromatic carbocycles. The number of anilines is 1. The minimum absolute atomic E-state index is 0.112. The van der Waals surface area contributed by atoms with Crippen LogP contribution in [0.15, 0.2) is 84.9 Å². The Morgan fingerprint density at radius 2 is 1.58 bits per heavy atom. The van der Waals surface area contributed by atoms with Gasteiger partial charge in [-0.1, -0.05) is 60.7 Å². The van der Waals surface area contributed by atoms with Gasteiger partial charge in [-0.05, 0) is 31.2 Å². The minimum atomic E-state index is -1.26. The molecule has 3 aromatic rings. The van der Waals surface area contributed by atoms with Gasteiger partial charge >= 0.3 is 0 Å². The molecular weight excluding hydrogens is 392 g/mol. The van der Waals surface area contributed by atoms with Gasteiger partial charge in [0.15, 0.2) is 11.5 Å². The van der Waals surface area contributed by atoms with Crippen molar-refractivity contribution in [1.29, 1.82) is 0 Å². The van der Waals surface area contributed by atoms with Crippen LogP contribution < -0.4 is 10.2 Å². The number of carbonyl (C=O) groups excluding carboxylic acids is 2. The quantitative estimate of drug-likeness (QED) is 0.641. The van der Waals surface area contributed by atoms with Crippen LogP contribution in [0.25, 0.3) is 0 Å². The number of nitrogens with zero attached hydrogens (tertiary/aromatic N) is 1. The lowest BCUT2D eigenvalue weighted by Crippen LogP contribution is -2.70. The molecule has 0 saturated carbocycles. The largest absolute Gasteiger partial charge is 0.508 e. The molecular formula is C25H22N2O4. The van der Waals surface area contributed by atoms with Crippen LogP contribution in [0.2, 0.25) is 0 Å². The Hall–Kier alpha value is -3.48. The molecule has 0 radical (unpaired) electrons. The van der Waals surface area contributed by atoms with E-state index in [1.165, 1.54) is 0 Å². The van der Waals surface area contributed by atoms with Gasteiger partial charge in [-0.3, -0.25) is 19.8 Å². The molecule has 5 rings (SSSR count). The normalized spacial score (nSPS) is 27.3. The number of phenols is 1. The molecule has 2 saturated heterocycles. The molecule has 4 unspecified atom stereocenters. The van der Waals surface area contributed by atoms with E-state index in [2.05, 4.69) is 5.32 Å². The predicted molar refractivity (Wildman–Crippen MR) is 116 cm³/mol. The second-order valence-corrected chi connectivity index (χ2v) is 7.90. The highest BCUT2D eigenvalue weighted by atomic mass is 16.5. The van der Waals surface area contributed by atoms with E-state index in [1.54, 1.807) is 53.4 Å². The van der Waals surface area contributed by atoms with E-state index in [0.29, 0.717) is 16.8 Å². The summed E-state index contributed by atoms with van der Waals surface area (Å²) in [7, 11) is 0. The third-order valence-electron chi connectivity index (χ3n) is 6.00. The van der Waals surface area contributed by atoms with Gasteiger partial charge in [-0.15, -0.1) is 0 Å². The summed E-state index contributed by atoms with van der Waals surface area (Å²) < 4.78 is 6.40. The van der Waals surface area contributed by atoms with Gasteiger partial charge in [0, 0.05) is 16.8 Å². The number of piperazine rings is 1. The molecule has 6 heteroatoms. The maximum Gasteiger partial charge on any atom is 0.247 e. The Balaban J connectivity index is 1.74. The van der Waals surface area contributed by atoms with Gasteiger partial charge in [0.1, 0.15) is 17.8 Å². The van der Waals surface area contributed by atoms with Gasteiger partial charge in [0.05, 0.1) is 6.10 Å². The van der Waals surface area contributed by atoms with Crippen LogP contribution in [-0.4, -0.2) is 35.0 Å². The highest BCUT2D eigenvalue weighted by Gasteiger charge is 2.63. The second kappa shape index (κ2) is 7.34. The molecule has 4 atom stereocenters. The van der Waals surface area contributed by atoms with Crippen molar-refractivity contribution in [3.63, 3.8) is 0 Å². The van der Waals surface area contributed by atoms with Crippen molar-refractivity contribution < 1.29 is 19.4 Å². The van der Waals surface area contributed by atoms with Crippen LogP contribution in [0.1, 0.15) is 22.8 Å². The number of rotatable bonds is 4. The number of hydrogen-bond donors (Lipinski definition) is 2. The smallest absolute Gasteiger partial charge is 0.247 e. The van der Waals surface area contributed by atoms with Crippen molar-refractivity contribution in [2.75, 3.05) is 4.90 Å². The maximum absolute atomic E-state index is 13.9. The SMILES string of the molecule is CC1OC2(c3ccc(O)cc3)NC1C(=O)N(c1ccccc1)C2C(=O)c1ccccc1. The number of phenolic OH excluding ortho intramolecular Hbond substituents is 1. The lowest BCUT2D eigenvalue weighted by atomic mass is 9.85. The van der Waals surface area contributed by atoms with Crippen molar-refractivity contribution in [3.8, 4) is 5.75 Å². The summed E-state index contributed by atoms with van der Waals surface area (Å²) in [6.45, 7) is 1.83. The molecule has 156 valence electrons. The van der Waals surface area contributed by atoms with Crippen molar-refractivity contribution in [2.24, 2.45) is 0 Å². The summed E-state index contributed by atoms with van der Waals surface area (Å²) in [5, 5.41) is 13.1. The van der Waals surface area contributed by atoms with Crippen LogP contribution in [0.4, 0.5) is 5.69 Å². The topological polar surface area (TPSA) is 78.9 Å². The zero-order valence-electron chi connectivity index (χ0n) is 16.9. The number of ketones is 1. The lowest BCUT2D eigenvalue weighted by Gasteiger charge is -2.46. The van der Waals surface area contributed by atoms with Gasteiger partial charge in [-0.2, -0.15) is 0 Å². The molecule has 0 spiro atoms. The third-order valence-corrected chi connectivity index (χ3v) is 6.00. The number of benzene rings is 3. The molecule has 2 aliphatic heterocycles. The molecule has 31 heavy (non-hydrogen) atoms. The van der Waals surface area contributed by atoms with Gasteiger partial charge in [-0.25, -0.2) is 0 Å². The molecule has 2 aliphatic rings. The predicted octanol–water partition coefficient (Wildman–Crippen LogP) is 3.22. The highest BCUT2D eigenvalue weighted by Crippen LogP contribution is 2.44. The minimum Gasteiger partial charge on any atom is -0.508 e. The van der Waals surface area contributed by atoms with Crippen molar-refractivity contribution in [3.05, 3.63) is 96.1 Å². The van der Waals surface area contributed by atoms with Crippen LogP contribution in [0, 0.1) is 0 Å². The van der Waals surface area contributed by atoms with E-state index in [9.17, 15) is 14.7 Å². The number of para-hydroxylation sites is 1. The summed E-state index contributed by atoms with van der Waals surface area (Å²) in [4.78, 5) is 29.0. The molecule has 6 nitrogen and oxygen atoms in total. The van der Waals surface area contributed by atoms with Crippen molar-refractivity contribution >= 4 is 17.4 Å². The average Bonchev–Trinajstić information content (AvgIpc) is 3.12. The first-order valence-corrected chi connectivity index (χ1v) is 10.2. The third kappa shape index (κ3) is 3.03. The lowest BCUT2D eigenvalue weighted by molar-refractivity contribution is -0.123. The highest BCUT2D eigenvalue weighted by molar-refractivity contribution is 6.11. The van der Waals surface area contributed by atoms with E-state index in [4.69, 9.17) is 4.74 Å². The van der Waals surface area contributed by atoms with Crippen LogP contribution in [0.3, 0.4) is 0 Å². The number of hydrogen-bond acceptors (Lipinski definition) is 5. The Morgan fingerprint density at radius 1 is 0.968 bits per heavy atom. The Bertz CT molecular complexity index is 1120. The second-order valence-electron chi connectivity index (χ2n) is 7.90. The van der Waals surface area contributed by atoms with E-state index in [0.717, 1.165) is 0 Å². The first kappa shape index (κ1) is 19.5. The average molecular weight is 414 g/mol. The number of Topliss-reactive ketones (excluding diaryl/α,β-unsaturated/α-hetero) is 1. The first-order chi connectivity index (χ1) is 15.0. The van der Waals surface area contributed by atoms with Crippen LogP contribution in [-0.2, 0) is 15.3 Å². The molecule has 2 bridgehead atoms.